The number of phenols is 1. The van der Waals surface area contributed by atoms with Crippen molar-refractivity contribution in [3.8, 4) is 5.75 Å². The number of hydrogen-bond donors (Lipinski definition) is 1. The van der Waals surface area contributed by atoms with Gasteiger partial charge in [-0.15, -0.1) is 5.73 Å². The van der Waals surface area contributed by atoms with Crippen LogP contribution in [0.2, 0.25) is 0 Å². The highest BCUT2D eigenvalue weighted by atomic mass is 16.3. The molecule has 1 atom stereocenters. The average Bonchev–Trinajstić information content (AvgIpc) is 3.16. The molecule has 0 heterocycles. The van der Waals surface area contributed by atoms with E-state index in [-0.39, 0.29) is 17.5 Å². The summed E-state index contributed by atoms with van der Waals surface area (Å²) in [5.41, 5.74) is 16.1. The van der Waals surface area contributed by atoms with E-state index in [1.807, 2.05) is 36.4 Å². The Hall–Kier alpha value is -4.65. The van der Waals surface area contributed by atoms with Gasteiger partial charge in [-0.05, 0) is 159 Å². The SMILES string of the molecule is C=C(C=CCC)C=CCc1ccc(C2=CC3=CC=C=C(CCCc4ccc(C5=CCCC(C)=CCC5)cc4)CCC=C3C(CC)CC2=O)c(O)c1. The zero-order valence-electron chi connectivity index (χ0n) is 31.1. The Labute approximate surface area is 307 Å². The zero-order chi connectivity index (χ0) is 36.0. The van der Waals surface area contributed by atoms with E-state index in [1.165, 1.54) is 39.8 Å². The van der Waals surface area contributed by atoms with Crippen LogP contribution in [-0.2, 0) is 17.6 Å². The van der Waals surface area contributed by atoms with Gasteiger partial charge >= 0.3 is 0 Å². The molecule has 1 unspecified atom stereocenters. The fourth-order valence-corrected chi connectivity index (χ4v) is 7.35. The van der Waals surface area contributed by atoms with Gasteiger partial charge in [-0.1, -0.05) is 105 Å². The highest BCUT2D eigenvalue weighted by Gasteiger charge is 2.27. The van der Waals surface area contributed by atoms with Crippen molar-refractivity contribution < 1.29 is 9.90 Å². The first-order valence-corrected chi connectivity index (χ1v) is 19.2. The van der Waals surface area contributed by atoms with Gasteiger partial charge in [0.2, 0.25) is 0 Å². The summed E-state index contributed by atoms with van der Waals surface area (Å²) in [7, 11) is 0. The maximum Gasteiger partial charge on any atom is 0.164 e. The van der Waals surface area contributed by atoms with Crippen LogP contribution in [0.1, 0.15) is 114 Å². The Morgan fingerprint density at radius 1 is 0.922 bits per heavy atom. The quantitative estimate of drug-likeness (QED) is 0.138. The van der Waals surface area contributed by atoms with Crippen LogP contribution in [0.3, 0.4) is 0 Å². The topological polar surface area (TPSA) is 37.3 Å². The van der Waals surface area contributed by atoms with Crippen molar-refractivity contribution in [1.82, 2.24) is 0 Å². The van der Waals surface area contributed by atoms with Crippen LogP contribution in [-0.4, -0.2) is 10.9 Å². The van der Waals surface area contributed by atoms with Gasteiger partial charge in [0.25, 0.3) is 0 Å². The van der Waals surface area contributed by atoms with Gasteiger partial charge in [0.05, 0.1) is 0 Å². The van der Waals surface area contributed by atoms with Gasteiger partial charge in [-0.25, -0.2) is 0 Å². The van der Waals surface area contributed by atoms with Crippen molar-refractivity contribution in [3.05, 3.63) is 166 Å². The Kier molecular flexibility index (Phi) is 14.1. The molecule has 51 heavy (non-hydrogen) atoms. The third-order valence-corrected chi connectivity index (χ3v) is 10.4. The van der Waals surface area contributed by atoms with Crippen LogP contribution in [0.4, 0.5) is 0 Å². The number of fused-ring (bicyclic) bond motifs is 1. The normalized spacial score (nSPS) is 18.6. The Morgan fingerprint density at radius 2 is 1.69 bits per heavy atom. The second kappa shape index (κ2) is 19.1. The average molecular weight is 677 g/mol. The van der Waals surface area contributed by atoms with Crippen LogP contribution >= 0.6 is 0 Å². The maximum absolute atomic E-state index is 13.7. The molecule has 0 spiro atoms. The Balaban J connectivity index is 1.27. The second-order valence-corrected chi connectivity index (χ2v) is 14.3. The van der Waals surface area contributed by atoms with Crippen LogP contribution in [0.15, 0.2) is 143 Å². The first kappa shape index (κ1) is 37.6. The molecule has 3 aliphatic carbocycles. The van der Waals surface area contributed by atoms with E-state index in [1.54, 1.807) is 6.07 Å². The molecular formula is C49H56O2. The lowest BCUT2D eigenvalue weighted by molar-refractivity contribution is -0.114. The number of ketones is 1. The lowest BCUT2D eigenvalue weighted by atomic mass is 9.87. The van der Waals surface area contributed by atoms with Gasteiger partial charge in [-0.2, -0.15) is 0 Å². The van der Waals surface area contributed by atoms with Crippen molar-refractivity contribution in [2.24, 2.45) is 5.92 Å². The third kappa shape index (κ3) is 10.9. The number of carbonyl (C=O) groups excluding carboxylic acids is 1. The summed E-state index contributed by atoms with van der Waals surface area (Å²) in [6.07, 6.45) is 34.2. The van der Waals surface area contributed by atoms with Crippen LogP contribution in [0, 0.1) is 5.92 Å². The van der Waals surface area contributed by atoms with Crippen molar-refractivity contribution in [1.29, 1.82) is 0 Å². The fraction of sp³-hybridized carbons (Fsp3) is 0.347. The van der Waals surface area contributed by atoms with Gasteiger partial charge in [0.1, 0.15) is 5.75 Å². The van der Waals surface area contributed by atoms with Gasteiger partial charge in [0.15, 0.2) is 5.78 Å². The molecule has 2 aromatic carbocycles. The van der Waals surface area contributed by atoms with Crippen molar-refractivity contribution >= 4 is 16.9 Å². The number of carbonyl (C=O) groups is 1. The summed E-state index contributed by atoms with van der Waals surface area (Å²) in [5.74, 6) is 0.374. The number of rotatable bonds is 12. The molecule has 0 aliphatic heterocycles. The largest absolute Gasteiger partial charge is 0.507 e. The lowest BCUT2D eigenvalue weighted by Gasteiger charge is -2.17. The summed E-state index contributed by atoms with van der Waals surface area (Å²) in [4.78, 5) is 13.7. The molecule has 2 aromatic rings. The molecule has 0 saturated heterocycles. The van der Waals surface area contributed by atoms with E-state index in [2.05, 4.69) is 93.8 Å². The van der Waals surface area contributed by atoms with E-state index < -0.39 is 0 Å². The first-order valence-electron chi connectivity index (χ1n) is 19.2. The monoisotopic (exact) mass is 676 g/mol. The number of benzene rings is 2. The number of aryl methyl sites for hydroxylation is 1. The van der Waals surface area contributed by atoms with Crippen molar-refractivity contribution in [2.75, 3.05) is 0 Å². The smallest absolute Gasteiger partial charge is 0.164 e. The zero-order valence-corrected chi connectivity index (χ0v) is 31.1. The van der Waals surface area contributed by atoms with Gasteiger partial charge in [0, 0.05) is 17.6 Å². The summed E-state index contributed by atoms with van der Waals surface area (Å²) in [6, 6.07) is 14.9. The minimum atomic E-state index is 0.0806. The number of allylic oxidation sites excluding steroid dienone is 16. The summed E-state index contributed by atoms with van der Waals surface area (Å²) in [6.45, 7) is 10.6. The molecule has 0 amide bonds. The highest BCUT2D eigenvalue weighted by Crippen LogP contribution is 2.38. The molecule has 1 N–H and O–H groups in total. The second-order valence-electron chi connectivity index (χ2n) is 14.3. The third-order valence-electron chi connectivity index (χ3n) is 10.4. The van der Waals surface area contributed by atoms with E-state index in [0.29, 0.717) is 24.0 Å². The number of aromatic hydroxyl groups is 1. The summed E-state index contributed by atoms with van der Waals surface area (Å²) < 4.78 is 0. The van der Waals surface area contributed by atoms with Crippen molar-refractivity contribution in [3.63, 3.8) is 0 Å². The summed E-state index contributed by atoms with van der Waals surface area (Å²) >= 11 is 0. The lowest BCUT2D eigenvalue weighted by Crippen LogP contribution is -2.09. The van der Waals surface area contributed by atoms with E-state index in [4.69, 9.17) is 0 Å². The van der Waals surface area contributed by atoms with E-state index in [9.17, 15) is 9.90 Å². The molecule has 5 rings (SSSR count). The minimum Gasteiger partial charge on any atom is -0.507 e. The first-order chi connectivity index (χ1) is 24.8. The van der Waals surface area contributed by atoms with Crippen LogP contribution in [0.25, 0.3) is 11.1 Å². The van der Waals surface area contributed by atoms with E-state index >= 15 is 0 Å². The number of Topliss-reactive ketones (excluding diaryl/α,β-unsaturated/α-hetero) is 1. The van der Waals surface area contributed by atoms with Crippen LogP contribution < -0.4 is 0 Å². The predicted molar refractivity (Wildman–Crippen MR) is 217 cm³/mol. The van der Waals surface area contributed by atoms with Crippen molar-refractivity contribution in [2.45, 2.75) is 104 Å². The Morgan fingerprint density at radius 3 is 2.47 bits per heavy atom. The Bertz CT molecular complexity index is 1850. The van der Waals surface area contributed by atoms with Gasteiger partial charge < -0.3 is 5.11 Å². The molecule has 2 nitrogen and oxygen atoms in total. The van der Waals surface area contributed by atoms with Gasteiger partial charge in [-0.3, -0.25) is 4.79 Å². The summed E-state index contributed by atoms with van der Waals surface area (Å²) in [5, 5.41) is 11.1. The molecular weight excluding hydrogens is 621 g/mol. The standard InChI is InChI=1S/C49H56O2/c1-5-7-14-36(3)15-8-22-40-29-32-46(48(50)33-40)47-34-44-25-12-20-38(21-13-26-45(44)41(6-2)35-49(47)51)18-11-19-39-27-30-43(31-28-39)42-23-9-16-37(4)17-10-24-42/h7-8,12,14-16,24-34,41,50H,3,5-6,9-11,13,17-19,21-23,35H2,1-2,4H3. The molecule has 0 aromatic heterocycles. The fourth-order valence-electron chi connectivity index (χ4n) is 7.35. The van der Waals surface area contributed by atoms with Crippen LogP contribution in [0.5, 0.6) is 5.75 Å². The highest BCUT2D eigenvalue weighted by molar-refractivity contribution is 6.22. The minimum absolute atomic E-state index is 0.0806. The number of hydrogen-bond acceptors (Lipinski definition) is 2. The molecule has 0 saturated carbocycles. The molecule has 0 bridgehead atoms. The predicted octanol–water partition coefficient (Wildman–Crippen LogP) is 13.1. The maximum atomic E-state index is 13.7. The van der Waals surface area contributed by atoms with E-state index in [0.717, 1.165) is 80.9 Å². The molecule has 0 fully saturated rings. The number of phenolic OH excluding ortho intramolecular Hbond substituents is 1. The molecule has 2 heteroatoms. The molecule has 264 valence electrons. The molecule has 0 radical (unpaired) electrons. The molecule has 3 aliphatic rings.